The molecule has 1 rings (SSSR count). The predicted molar refractivity (Wildman–Crippen MR) is 74.8 cm³/mol. The molecule has 0 amide bonds. The van der Waals surface area contributed by atoms with Crippen LogP contribution in [0.3, 0.4) is 0 Å². The monoisotopic (exact) mass is 284 g/mol. The summed E-state index contributed by atoms with van der Waals surface area (Å²) >= 11 is 3.56. The summed E-state index contributed by atoms with van der Waals surface area (Å²) in [5, 5.41) is 0. The van der Waals surface area contributed by atoms with Crippen LogP contribution in [0.15, 0.2) is 22.7 Å². The van der Waals surface area contributed by atoms with Crippen molar-refractivity contribution in [3.63, 3.8) is 0 Å². The molecule has 0 saturated carbocycles. The lowest BCUT2D eigenvalue weighted by atomic mass is 9.98. The molecule has 16 heavy (non-hydrogen) atoms. The summed E-state index contributed by atoms with van der Waals surface area (Å²) in [6, 6.07) is 6.23. The molecule has 0 radical (unpaired) electrons. The van der Waals surface area contributed by atoms with Crippen LogP contribution in [-0.2, 0) is 6.54 Å². The minimum Gasteiger partial charge on any atom is -0.369 e. The van der Waals surface area contributed by atoms with Crippen molar-refractivity contribution in [2.45, 2.75) is 39.3 Å². The Bertz CT molecular complexity index is 361. The van der Waals surface area contributed by atoms with Crippen molar-refractivity contribution < 1.29 is 0 Å². The van der Waals surface area contributed by atoms with E-state index < -0.39 is 0 Å². The highest BCUT2D eigenvalue weighted by molar-refractivity contribution is 9.10. The lowest BCUT2D eigenvalue weighted by Crippen LogP contribution is -2.41. The summed E-state index contributed by atoms with van der Waals surface area (Å²) in [5.74, 6) is 0. The van der Waals surface area contributed by atoms with Gasteiger partial charge in [0.05, 0.1) is 0 Å². The van der Waals surface area contributed by atoms with Gasteiger partial charge in [-0.05, 0) is 32.4 Å². The normalized spacial score (nSPS) is 11.6. The summed E-state index contributed by atoms with van der Waals surface area (Å²) in [5.41, 5.74) is 8.35. The molecular weight excluding hydrogens is 264 g/mol. The van der Waals surface area contributed by atoms with Gasteiger partial charge >= 0.3 is 0 Å². The van der Waals surface area contributed by atoms with Gasteiger partial charge in [0.2, 0.25) is 0 Å². The van der Waals surface area contributed by atoms with Gasteiger partial charge in [-0.1, -0.05) is 28.9 Å². The molecule has 0 bridgehead atoms. The summed E-state index contributed by atoms with van der Waals surface area (Å²) in [7, 11) is 2.13. The third-order valence-corrected chi connectivity index (χ3v) is 4.18. The quantitative estimate of drug-likeness (QED) is 0.917. The van der Waals surface area contributed by atoms with Crippen LogP contribution in [0.2, 0.25) is 0 Å². The first kappa shape index (κ1) is 13.5. The van der Waals surface area contributed by atoms with Gasteiger partial charge < -0.3 is 10.6 Å². The zero-order chi connectivity index (χ0) is 12.3. The smallest absolute Gasteiger partial charge is 0.0425 e. The molecule has 2 nitrogen and oxygen atoms in total. The SMILES string of the molecule is CCC(C)(C)N(C)c1cccc(Br)c1CN. The molecule has 0 aliphatic heterocycles. The number of benzene rings is 1. The molecule has 0 aliphatic rings. The molecule has 0 fully saturated rings. The number of hydrogen-bond acceptors (Lipinski definition) is 2. The molecule has 3 heteroatoms. The number of nitrogens with two attached hydrogens (primary N) is 1. The van der Waals surface area contributed by atoms with Crippen LogP contribution in [0.1, 0.15) is 32.8 Å². The molecule has 0 spiro atoms. The molecule has 1 aromatic carbocycles. The van der Waals surface area contributed by atoms with Crippen molar-refractivity contribution in [3.8, 4) is 0 Å². The summed E-state index contributed by atoms with van der Waals surface area (Å²) < 4.78 is 1.09. The van der Waals surface area contributed by atoms with E-state index >= 15 is 0 Å². The number of nitrogens with zero attached hydrogens (tertiary/aromatic N) is 1. The molecule has 0 unspecified atom stereocenters. The Morgan fingerprint density at radius 3 is 2.50 bits per heavy atom. The van der Waals surface area contributed by atoms with Crippen molar-refractivity contribution >= 4 is 21.6 Å². The second kappa shape index (κ2) is 5.19. The number of hydrogen-bond donors (Lipinski definition) is 1. The first-order valence-corrected chi connectivity index (χ1v) is 6.44. The van der Waals surface area contributed by atoms with E-state index in [1.165, 1.54) is 11.3 Å². The van der Waals surface area contributed by atoms with E-state index in [4.69, 9.17) is 5.73 Å². The molecule has 0 heterocycles. The average molecular weight is 285 g/mol. The van der Waals surface area contributed by atoms with Crippen molar-refractivity contribution in [2.75, 3.05) is 11.9 Å². The topological polar surface area (TPSA) is 29.3 Å². The average Bonchev–Trinajstić information content (AvgIpc) is 2.27. The molecule has 0 aromatic heterocycles. The Hall–Kier alpha value is -0.540. The Kier molecular flexibility index (Phi) is 4.39. The minimum absolute atomic E-state index is 0.144. The van der Waals surface area contributed by atoms with Crippen molar-refractivity contribution in [2.24, 2.45) is 5.73 Å². The van der Waals surface area contributed by atoms with E-state index in [0.717, 1.165) is 10.9 Å². The van der Waals surface area contributed by atoms with Gasteiger partial charge in [0.15, 0.2) is 0 Å². The fraction of sp³-hybridized carbons (Fsp3) is 0.538. The molecular formula is C13H21BrN2. The van der Waals surface area contributed by atoms with Crippen molar-refractivity contribution in [1.29, 1.82) is 0 Å². The lowest BCUT2D eigenvalue weighted by Gasteiger charge is -2.38. The second-order valence-electron chi connectivity index (χ2n) is 4.67. The largest absolute Gasteiger partial charge is 0.369 e. The third kappa shape index (κ3) is 2.58. The van der Waals surface area contributed by atoms with Gasteiger partial charge in [-0.2, -0.15) is 0 Å². The Morgan fingerprint density at radius 2 is 2.00 bits per heavy atom. The van der Waals surface area contributed by atoms with Crippen LogP contribution in [0, 0.1) is 0 Å². The zero-order valence-corrected chi connectivity index (χ0v) is 12.1. The van der Waals surface area contributed by atoms with E-state index in [9.17, 15) is 0 Å². The highest BCUT2D eigenvalue weighted by atomic mass is 79.9. The molecule has 1 aromatic rings. The Labute approximate surface area is 107 Å². The van der Waals surface area contributed by atoms with E-state index in [1.54, 1.807) is 0 Å². The van der Waals surface area contributed by atoms with E-state index in [1.807, 2.05) is 6.07 Å². The molecule has 0 atom stereocenters. The van der Waals surface area contributed by atoms with Gasteiger partial charge in [-0.25, -0.2) is 0 Å². The maximum atomic E-state index is 5.82. The maximum Gasteiger partial charge on any atom is 0.0425 e. The fourth-order valence-corrected chi connectivity index (χ4v) is 2.14. The molecule has 0 aliphatic carbocycles. The van der Waals surface area contributed by atoms with Crippen LogP contribution in [0.5, 0.6) is 0 Å². The highest BCUT2D eigenvalue weighted by Crippen LogP contribution is 2.31. The third-order valence-electron chi connectivity index (χ3n) is 3.43. The summed E-state index contributed by atoms with van der Waals surface area (Å²) in [4.78, 5) is 2.31. The van der Waals surface area contributed by atoms with E-state index in [0.29, 0.717) is 6.54 Å². The minimum atomic E-state index is 0.144. The number of rotatable bonds is 4. The van der Waals surface area contributed by atoms with Crippen LogP contribution >= 0.6 is 15.9 Å². The Morgan fingerprint density at radius 1 is 1.38 bits per heavy atom. The van der Waals surface area contributed by atoms with Gasteiger partial charge in [0.25, 0.3) is 0 Å². The van der Waals surface area contributed by atoms with Crippen LogP contribution in [0.25, 0.3) is 0 Å². The maximum absolute atomic E-state index is 5.82. The standard InChI is InChI=1S/C13H21BrN2/c1-5-13(2,3)16(4)12-8-6-7-11(14)10(12)9-15/h6-8H,5,9,15H2,1-4H3. The van der Waals surface area contributed by atoms with Crippen LogP contribution in [-0.4, -0.2) is 12.6 Å². The van der Waals surface area contributed by atoms with Crippen molar-refractivity contribution in [3.05, 3.63) is 28.2 Å². The Balaban J connectivity index is 3.18. The summed E-state index contributed by atoms with van der Waals surface area (Å²) in [6.45, 7) is 7.25. The van der Waals surface area contributed by atoms with Gasteiger partial charge in [0.1, 0.15) is 0 Å². The summed E-state index contributed by atoms with van der Waals surface area (Å²) in [6.07, 6.45) is 1.10. The zero-order valence-electron chi connectivity index (χ0n) is 10.5. The van der Waals surface area contributed by atoms with Crippen LogP contribution < -0.4 is 10.6 Å². The van der Waals surface area contributed by atoms with Gasteiger partial charge in [-0.15, -0.1) is 0 Å². The lowest BCUT2D eigenvalue weighted by molar-refractivity contribution is 0.469. The van der Waals surface area contributed by atoms with Crippen molar-refractivity contribution in [1.82, 2.24) is 0 Å². The molecule has 2 N–H and O–H groups in total. The first-order chi connectivity index (χ1) is 7.44. The van der Waals surface area contributed by atoms with Gasteiger partial charge in [-0.3, -0.25) is 0 Å². The van der Waals surface area contributed by atoms with E-state index in [2.05, 4.69) is 60.8 Å². The number of halogens is 1. The predicted octanol–water partition coefficient (Wildman–Crippen LogP) is 3.53. The fourth-order valence-electron chi connectivity index (χ4n) is 1.63. The van der Waals surface area contributed by atoms with Gasteiger partial charge in [0, 0.05) is 34.9 Å². The van der Waals surface area contributed by atoms with Crippen LogP contribution in [0.4, 0.5) is 5.69 Å². The molecule has 90 valence electrons. The second-order valence-corrected chi connectivity index (χ2v) is 5.52. The highest BCUT2D eigenvalue weighted by Gasteiger charge is 2.23. The molecule has 0 saturated heterocycles. The van der Waals surface area contributed by atoms with E-state index in [-0.39, 0.29) is 5.54 Å². The number of anilines is 1. The first-order valence-electron chi connectivity index (χ1n) is 5.65.